The normalized spacial score (nSPS) is 23.5. The van der Waals surface area contributed by atoms with Crippen molar-refractivity contribution in [3.05, 3.63) is 29.3 Å². The third-order valence-electron chi connectivity index (χ3n) is 5.01. The molecular weight excluding hydrogens is 386 g/mol. The molecule has 0 aliphatic carbocycles. The van der Waals surface area contributed by atoms with Gasteiger partial charge in [0, 0.05) is 24.5 Å². The molecule has 2 N–H and O–H groups in total. The number of para-hydroxylation sites is 1. The summed E-state index contributed by atoms with van der Waals surface area (Å²) in [4.78, 5) is 25.3. The fourth-order valence-corrected chi connectivity index (χ4v) is 5.17. The molecule has 0 aromatic heterocycles. The zero-order valence-electron chi connectivity index (χ0n) is 15.4. The lowest BCUT2D eigenvalue weighted by Gasteiger charge is -2.19. The van der Waals surface area contributed by atoms with Crippen molar-refractivity contribution < 1.29 is 14.3 Å². The number of halogens is 1. The maximum Gasteiger partial charge on any atom is 0.315 e. The van der Waals surface area contributed by atoms with E-state index < -0.39 is 0 Å². The summed E-state index contributed by atoms with van der Waals surface area (Å²) in [6.07, 6.45) is 3.43. The van der Waals surface area contributed by atoms with Crippen molar-refractivity contribution in [2.45, 2.75) is 43.0 Å². The summed E-state index contributed by atoms with van der Waals surface area (Å²) in [7, 11) is 1.80. The maximum atomic E-state index is 12.2. The van der Waals surface area contributed by atoms with E-state index in [0.29, 0.717) is 35.6 Å². The molecule has 27 heavy (non-hydrogen) atoms. The molecule has 0 spiro atoms. The first kappa shape index (κ1) is 20.1. The number of amides is 3. The third kappa shape index (κ3) is 5.45. The number of urea groups is 1. The number of unbranched alkanes of at least 4 members (excludes halogenated alkanes) is 1. The average molecular weight is 412 g/mol. The Kier molecular flexibility index (Phi) is 7.13. The Hall–Kier alpha value is -1.60. The molecule has 8 heteroatoms. The Bertz CT molecular complexity index is 675. The predicted molar refractivity (Wildman–Crippen MR) is 109 cm³/mol. The largest absolute Gasteiger partial charge is 0.490 e. The fourth-order valence-electron chi connectivity index (χ4n) is 3.43. The van der Waals surface area contributed by atoms with Gasteiger partial charge in [-0.25, -0.2) is 4.79 Å². The van der Waals surface area contributed by atoms with E-state index in [1.165, 1.54) is 0 Å². The van der Waals surface area contributed by atoms with Gasteiger partial charge in [0.25, 0.3) is 0 Å². The van der Waals surface area contributed by atoms with Crippen LogP contribution in [0.3, 0.4) is 0 Å². The van der Waals surface area contributed by atoms with E-state index >= 15 is 0 Å². The number of benzene rings is 1. The zero-order valence-corrected chi connectivity index (χ0v) is 17.0. The first-order valence-corrected chi connectivity index (χ1v) is 10.8. The minimum Gasteiger partial charge on any atom is -0.490 e. The Morgan fingerprint density at radius 3 is 2.96 bits per heavy atom. The molecule has 3 atom stereocenters. The molecule has 0 bridgehead atoms. The summed E-state index contributed by atoms with van der Waals surface area (Å²) in [5.74, 6) is 1.74. The molecule has 2 saturated heterocycles. The summed E-state index contributed by atoms with van der Waals surface area (Å²) in [6, 6.07) is 7.77. The number of thioether (sulfide) groups is 1. The molecule has 1 aromatic carbocycles. The smallest absolute Gasteiger partial charge is 0.315 e. The van der Waals surface area contributed by atoms with Gasteiger partial charge in [-0.05, 0) is 25.0 Å². The van der Waals surface area contributed by atoms with Crippen LogP contribution in [0.2, 0.25) is 5.02 Å². The molecule has 2 aliphatic heterocycles. The van der Waals surface area contributed by atoms with Gasteiger partial charge in [-0.3, -0.25) is 4.79 Å². The zero-order chi connectivity index (χ0) is 19.2. The van der Waals surface area contributed by atoms with Crippen molar-refractivity contribution in [3.63, 3.8) is 0 Å². The van der Waals surface area contributed by atoms with Crippen molar-refractivity contribution >= 4 is 35.3 Å². The predicted octanol–water partition coefficient (Wildman–Crippen LogP) is 2.90. The molecule has 0 radical (unpaired) electrons. The molecule has 2 aliphatic rings. The van der Waals surface area contributed by atoms with Gasteiger partial charge in [0.2, 0.25) is 5.91 Å². The second-order valence-electron chi connectivity index (χ2n) is 6.96. The summed E-state index contributed by atoms with van der Waals surface area (Å²) in [6.45, 7) is 0.949. The quantitative estimate of drug-likeness (QED) is 0.484. The van der Waals surface area contributed by atoms with Gasteiger partial charge in [0.1, 0.15) is 12.4 Å². The van der Waals surface area contributed by atoms with Crippen LogP contribution in [0.4, 0.5) is 4.79 Å². The summed E-state index contributed by atoms with van der Waals surface area (Å²) in [5, 5.41) is 6.98. The second-order valence-corrected chi connectivity index (χ2v) is 8.64. The lowest BCUT2D eigenvalue weighted by atomic mass is 10.0. The highest BCUT2D eigenvalue weighted by molar-refractivity contribution is 8.00. The van der Waals surface area contributed by atoms with Gasteiger partial charge in [-0.1, -0.05) is 30.2 Å². The average Bonchev–Trinajstić information content (AvgIpc) is 3.19. The van der Waals surface area contributed by atoms with Gasteiger partial charge in [0.15, 0.2) is 0 Å². The lowest BCUT2D eigenvalue weighted by Crippen LogP contribution is -2.36. The lowest BCUT2D eigenvalue weighted by molar-refractivity contribution is -0.130. The second kappa shape index (κ2) is 9.55. The van der Waals surface area contributed by atoms with E-state index in [1.807, 2.05) is 30.0 Å². The monoisotopic (exact) mass is 411 g/mol. The number of carbonyl (C=O) groups is 2. The topological polar surface area (TPSA) is 70.7 Å². The number of carbonyl (C=O) groups excluding carboxylic acids is 2. The molecule has 1 aromatic rings. The third-order valence-corrected chi connectivity index (χ3v) is 6.83. The molecule has 3 unspecified atom stereocenters. The van der Waals surface area contributed by atoms with E-state index in [4.69, 9.17) is 16.3 Å². The van der Waals surface area contributed by atoms with Crippen LogP contribution in [0.5, 0.6) is 5.75 Å². The highest BCUT2D eigenvalue weighted by atomic mass is 35.5. The van der Waals surface area contributed by atoms with Crippen LogP contribution in [0.15, 0.2) is 24.3 Å². The summed E-state index contributed by atoms with van der Waals surface area (Å²) < 4.78 is 5.63. The van der Waals surface area contributed by atoms with Gasteiger partial charge >= 0.3 is 6.03 Å². The van der Waals surface area contributed by atoms with E-state index in [2.05, 4.69) is 10.6 Å². The number of hydrogen-bond acceptors (Lipinski definition) is 4. The molecule has 3 rings (SSSR count). The first-order chi connectivity index (χ1) is 13.0. The van der Waals surface area contributed by atoms with Crippen LogP contribution in [-0.2, 0) is 4.79 Å². The fraction of sp³-hybridized carbons (Fsp3) is 0.579. The van der Waals surface area contributed by atoms with Gasteiger partial charge < -0.3 is 20.3 Å². The molecule has 2 heterocycles. The van der Waals surface area contributed by atoms with Gasteiger partial charge in [-0.15, -0.1) is 0 Å². The Labute approximate surface area is 169 Å². The van der Waals surface area contributed by atoms with Crippen LogP contribution >= 0.6 is 23.4 Å². The Morgan fingerprint density at radius 2 is 2.15 bits per heavy atom. The number of ether oxygens (including phenoxy) is 1. The molecule has 0 saturated carbocycles. The first-order valence-electron chi connectivity index (χ1n) is 9.34. The number of fused-ring (bicyclic) bond motifs is 1. The minimum absolute atomic E-state index is 0.0499. The number of nitrogens with one attached hydrogen (secondary N) is 2. The minimum atomic E-state index is -0.0499. The van der Waals surface area contributed by atoms with Crippen LogP contribution in [0.1, 0.15) is 25.7 Å². The van der Waals surface area contributed by atoms with Gasteiger partial charge in [-0.2, -0.15) is 11.8 Å². The standard InChI is InChI=1S/C19H26ClN3O3S/c1-23(10-11-26-15-7-3-2-6-13(15)20)17(24)9-5-4-8-16-18-14(12-27-16)21-19(25)22-18/h2-3,6-7,14,16,18H,4-5,8-12H2,1H3,(H2,21,22,25). The molecule has 6 nitrogen and oxygen atoms in total. The van der Waals surface area contributed by atoms with Gasteiger partial charge in [0.05, 0.1) is 23.7 Å². The summed E-state index contributed by atoms with van der Waals surface area (Å²) >= 11 is 7.96. The van der Waals surface area contributed by atoms with E-state index in [1.54, 1.807) is 18.0 Å². The SMILES string of the molecule is CN(CCOc1ccccc1Cl)C(=O)CCCCC1SCC2NC(=O)NC21. The maximum absolute atomic E-state index is 12.2. The van der Waals surface area contributed by atoms with Crippen molar-refractivity contribution in [2.24, 2.45) is 0 Å². The van der Waals surface area contributed by atoms with E-state index in [-0.39, 0.29) is 24.0 Å². The Morgan fingerprint density at radius 1 is 1.33 bits per heavy atom. The van der Waals surface area contributed by atoms with Crippen LogP contribution < -0.4 is 15.4 Å². The number of nitrogens with zero attached hydrogens (tertiary/aromatic N) is 1. The molecule has 2 fully saturated rings. The van der Waals surface area contributed by atoms with E-state index in [0.717, 1.165) is 25.0 Å². The summed E-state index contributed by atoms with van der Waals surface area (Å²) in [5.41, 5.74) is 0. The highest BCUT2D eigenvalue weighted by Crippen LogP contribution is 2.33. The van der Waals surface area contributed by atoms with Crippen LogP contribution in [-0.4, -0.2) is 60.1 Å². The van der Waals surface area contributed by atoms with Crippen molar-refractivity contribution in [1.29, 1.82) is 0 Å². The number of rotatable bonds is 9. The number of hydrogen-bond donors (Lipinski definition) is 2. The Balaban J connectivity index is 1.29. The molecule has 148 valence electrons. The number of likely N-dealkylation sites (N-methyl/N-ethyl adjacent to an activating group) is 1. The molecular formula is C19H26ClN3O3S. The van der Waals surface area contributed by atoms with Crippen molar-refractivity contribution in [1.82, 2.24) is 15.5 Å². The van der Waals surface area contributed by atoms with Crippen LogP contribution in [0, 0.1) is 0 Å². The van der Waals surface area contributed by atoms with Crippen LogP contribution in [0.25, 0.3) is 0 Å². The molecule has 3 amide bonds. The van der Waals surface area contributed by atoms with E-state index in [9.17, 15) is 9.59 Å². The van der Waals surface area contributed by atoms with Crippen molar-refractivity contribution in [2.75, 3.05) is 26.0 Å². The highest BCUT2D eigenvalue weighted by Gasteiger charge is 2.42. The van der Waals surface area contributed by atoms with Crippen molar-refractivity contribution in [3.8, 4) is 5.75 Å².